The van der Waals surface area contributed by atoms with E-state index in [2.05, 4.69) is 0 Å². The van der Waals surface area contributed by atoms with Crippen molar-refractivity contribution in [3.8, 4) is 0 Å². The van der Waals surface area contributed by atoms with Crippen LogP contribution in [-0.2, 0) is 4.79 Å². The highest BCUT2D eigenvalue weighted by molar-refractivity contribution is 5.83. The van der Waals surface area contributed by atoms with Crippen LogP contribution in [0.2, 0.25) is 0 Å². The normalized spacial score (nSPS) is 13.3. The fourth-order valence-electron chi connectivity index (χ4n) is 1.45. The topological polar surface area (TPSA) is 32.3 Å². The van der Waals surface area contributed by atoms with Gasteiger partial charge in [0.15, 0.2) is 0 Å². The van der Waals surface area contributed by atoms with Gasteiger partial charge in [0.2, 0.25) is 0 Å². The van der Waals surface area contributed by atoms with Crippen molar-refractivity contribution in [3.63, 3.8) is 0 Å². The minimum absolute atomic E-state index is 0.0909. The summed E-state index contributed by atoms with van der Waals surface area (Å²) in [6.45, 7) is 3.93. The van der Waals surface area contributed by atoms with Crippen LogP contribution in [0.1, 0.15) is 13.8 Å². The lowest BCUT2D eigenvalue weighted by Gasteiger charge is -2.29. The maximum Gasteiger partial charge on any atom is 0.383 e. The molecule has 0 aromatic rings. The smallest absolute Gasteiger partial charge is 0.350 e. The van der Waals surface area contributed by atoms with Crippen LogP contribution in [0.3, 0.4) is 0 Å². The summed E-state index contributed by atoms with van der Waals surface area (Å²) < 4.78 is 49.0. The Balaban J connectivity index is 4.34. The first-order valence-corrected chi connectivity index (χ1v) is 5.08. The van der Waals surface area contributed by atoms with E-state index in [9.17, 15) is 22.4 Å². The molecule has 0 spiro atoms. The molecule has 0 unspecified atom stereocenters. The number of hydrogen-bond acceptors (Lipinski definition) is 2. The molecule has 102 valence electrons. The van der Waals surface area contributed by atoms with Crippen LogP contribution >= 0.6 is 0 Å². The zero-order chi connectivity index (χ0) is 13.9. The van der Waals surface area contributed by atoms with Gasteiger partial charge in [-0.15, -0.1) is 0 Å². The fraction of sp³-hybridized carbons (Fsp3) is 0.900. The van der Waals surface area contributed by atoms with Crippen LogP contribution in [0.5, 0.6) is 0 Å². The average molecular weight is 258 g/mol. The number of hydrogen-bond donors (Lipinski definition) is 1. The van der Waals surface area contributed by atoms with Gasteiger partial charge in [-0.2, -0.15) is 8.78 Å². The van der Waals surface area contributed by atoms with Crippen molar-refractivity contribution >= 4 is 5.91 Å². The third-order valence-electron chi connectivity index (χ3n) is 2.05. The van der Waals surface area contributed by atoms with Crippen molar-refractivity contribution in [1.29, 1.82) is 0 Å². The molecule has 0 rings (SSSR count). The van der Waals surface area contributed by atoms with Crippen LogP contribution in [-0.4, -0.2) is 50.3 Å². The van der Waals surface area contributed by atoms with Crippen molar-refractivity contribution in [2.24, 2.45) is 5.41 Å². The molecule has 0 aliphatic rings. The summed E-state index contributed by atoms with van der Waals surface area (Å²) in [5.74, 6) is -6.56. The van der Waals surface area contributed by atoms with Gasteiger partial charge in [0, 0.05) is 13.1 Å². The first kappa shape index (κ1) is 16.1. The highest BCUT2D eigenvalue weighted by atomic mass is 19.3. The Morgan fingerprint density at radius 1 is 1.29 bits per heavy atom. The molecule has 0 fully saturated rings. The lowest BCUT2D eigenvalue weighted by Crippen LogP contribution is -2.49. The maximum atomic E-state index is 12.6. The summed E-state index contributed by atoms with van der Waals surface area (Å²) >= 11 is 0. The van der Waals surface area contributed by atoms with E-state index in [-0.39, 0.29) is 6.54 Å². The Bertz CT molecular complexity index is 267. The number of carbonyl (C=O) groups is 1. The number of alkyl halides is 4. The predicted molar refractivity (Wildman–Crippen MR) is 56.3 cm³/mol. The zero-order valence-corrected chi connectivity index (χ0v) is 10.4. The summed E-state index contributed by atoms with van der Waals surface area (Å²) in [7, 11) is 3.58. The van der Waals surface area contributed by atoms with Crippen molar-refractivity contribution in [3.05, 3.63) is 0 Å². The third kappa shape index (κ3) is 5.34. The van der Waals surface area contributed by atoms with Gasteiger partial charge in [0.1, 0.15) is 0 Å². The van der Waals surface area contributed by atoms with Crippen molar-refractivity contribution in [2.75, 3.05) is 27.2 Å². The first-order valence-electron chi connectivity index (χ1n) is 5.08. The van der Waals surface area contributed by atoms with Gasteiger partial charge >= 0.3 is 12.3 Å². The van der Waals surface area contributed by atoms with Gasteiger partial charge in [0.05, 0.1) is 0 Å². The molecular formula is C10H18F4N2O. The molecule has 0 radical (unpaired) electrons. The van der Waals surface area contributed by atoms with E-state index in [0.29, 0.717) is 6.54 Å². The second kappa shape index (κ2) is 5.66. The van der Waals surface area contributed by atoms with Crippen LogP contribution in [0.4, 0.5) is 17.6 Å². The van der Waals surface area contributed by atoms with E-state index in [0.717, 1.165) is 0 Å². The lowest BCUT2D eigenvalue weighted by molar-refractivity contribution is -0.169. The number of carbonyl (C=O) groups excluding carboxylic acids is 1. The standard InChI is InChI=1S/C10H18F4N2O/c1-9(2,6-16(3)4)5-15-8(17)10(13,14)7(11)12/h7H,5-6H2,1-4H3,(H,15,17). The minimum atomic E-state index is -4.63. The zero-order valence-electron chi connectivity index (χ0n) is 10.4. The molecule has 0 aromatic carbocycles. The van der Waals surface area contributed by atoms with Crippen molar-refractivity contribution in [1.82, 2.24) is 10.2 Å². The molecule has 7 heteroatoms. The number of nitrogens with one attached hydrogen (secondary N) is 1. The van der Waals surface area contributed by atoms with Crippen LogP contribution in [0.25, 0.3) is 0 Å². The van der Waals surface area contributed by atoms with Crippen molar-refractivity contribution in [2.45, 2.75) is 26.2 Å². The van der Waals surface area contributed by atoms with Gasteiger partial charge in [-0.25, -0.2) is 8.78 Å². The first-order chi connectivity index (χ1) is 7.49. The Morgan fingerprint density at radius 3 is 2.12 bits per heavy atom. The van der Waals surface area contributed by atoms with Crippen molar-refractivity contribution < 1.29 is 22.4 Å². The maximum absolute atomic E-state index is 12.6. The van der Waals surface area contributed by atoms with E-state index < -0.39 is 23.7 Å². The summed E-state index contributed by atoms with van der Waals surface area (Å²) in [6.07, 6.45) is -3.99. The molecule has 0 aromatic heterocycles. The Hall–Kier alpha value is -0.850. The third-order valence-corrected chi connectivity index (χ3v) is 2.05. The molecule has 1 N–H and O–H groups in total. The molecule has 0 saturated heterocycles. The minimum Gasteiger partial charge on any atom is -0.350 e. The van der Waals surface area contributed by atoms with E-state index in [1.807, 2.05) is 10.2 Å². The predicted octanol–water partition coefficient (Wildman–Crippen LogP) is 1.59. The Morgan fingerprint density at radius 2 is 1.76 bits per heavy atom. The number of halogens is 4. The van der Waals surface area contributed by atoms with Gasteiger partial charge in [-0.1, -0.05) is 13.8 Å². The van der Waals surface area contributed by atoms with Crippen LogP contribution < -0.4 is 5.32 Å². The highest BCUT2D eigenvalue weighted by Crippen LogP contribution is 2.23. The van der Waals surface area contributed by atoms with Gasteiger partial charge in [-0.05, 0) is 19.5 Å². The molecule has 0 atom stereocenters. The molecule has 0 heterocycles. The molecule has 0 bridgehead atoms. The molecule has 0 saturated carbocycles. The molecule has 0 aliphatic heterocycles. The number of amides is 1. The van der Waals surface area contributed by atoms with E-state index in [1.54, 1.807) is 27.9 Å². The molecule has 1 amide bonds. The van der Waals surface area contributed by atoms with Gasteiger partial charge in [0.25, 0.3) is 5.91 Å². The fourth-order valence-corrected chi connectivity index (χ4v) is 1.45. The second-order valence-electron chi connectivity index (χ2n) is 5.01. The quantitative estimate of drug-likeness (QED) is 0.734. The monoisotopic (exact) mass is 258 g/mol. The molecule has 0 aliphatic carbocycles. The molecular weight excluding hydrogens is 240 g/mol. The summed E-state index contributed by atoms with van der Waals surface area (Å²) in [4.78, 5) is 12.7. The second-order valence-corrected chi connectivity index (χ2v) is 5.01. The lowest BCUT2D eigenvalue weighted by atomic mass is 9.93. The SMILES string of the molecule is CN(C)CC(C)(C)CNC(=O)C(F)(F)C(F)F. The van der Waals surface area contributed by atoms with Gasteiger partial charge in [-0.3, -0.25) is 4.79 Å². The largest absolute Gasteiger partial charge is 0.383 e. The van der Waals surface area contributed by atoms with Crippen LogP contribution in [0.15, 0.2) is 0 Å². The summed E-state index contributed by atoms with van der Waals surface area (Å²) in [6, 6.07) is 0. The molecule has 17 heavy (non-hydrogen) atoms. The Kier molecular flexibility index (Phi) is 5.38. The van der Waals surface area contributed by atoms with E-state index in [1.165, 1.54) is 0 Å². The molecule has 3 nitrogen and oxygen atoms in total. The summed E-state index contributed by atoms with van der Waals surface area (Å²) in [5.41, 5.74) is -0.475. The number of nitrogens with zero attached hydrogens (tertiary/aromatic N) is 1. The average Bonchev–Trinajstić information content (AvgIpc) is 2.11. The van der Waals surface area contributed by atoms with E-state index in [4.69, 9.17) is 0 Å². The summed E-state index contributed by atoms with van der Waals surface area (Å²) in [5, 5.41) is 1.85. The van der Waals surface area contributed by atoms with Gasteiger partial charge < -0.3 is 10.2 Å². The highest BCUT2D eigenvalue weighted by Gasteiger charge is 2.49. The number of rotatable bonds is 6. The van der Waals surface area contributed by atoms with E-state index >= 15 is 0 Å². The Labute approximate surface area is 98.2 Å². The van der Waals surface area contributed by atoms with Crippen LogP contribution in [0, 0.1) is 5.41 Å².